The first-order valence-electron chi connectivity index (χ1n) is 22.0. The average Bonchev–Trinajstić information content (AvgIpc) is 4.15. The molecule has 0 bridgehead atoms. The zero-order valence-electron chi connectivity index (χ0n) is 36.9. The van der Waals surface area contributed by atoms with E-state index in [1.165, 1.54) is 7.11 Å². The summed E-state index contributed by atoms with van der Waals surface area (Å²) >= 11 is 0. The maximum atomic E-state index is 14.3. The van der Waals surface area contributed by atoms with Gasteiger partial charge >= 0.3 is 6.09 Å². The van der Waals surface area contributed by atoms with Crippen molar-refractivity contribution in [3.63, 3.8) is 0 Å². The first-order valence-corrected chi connectivity index (χ1v) is 22.0. The number of amides is 4. The van der Waals surface area contributed by atoms with Crippen LogP contribution < -0.4 is 15.4 Å². The number of aromatic nitrogens is 4. The first-order chi connectivity index (χ1) is 31.5. The first kappa shape index (κ1) is 43.2. The van der Waals surface area contributed by atoms with Crippen molar-refractivity contribution in [2.75, 3.05) is 27.4 Å². The molecule has 6 aromatic rings. The number of benzene rings is 4. The van der Waals surface area contributed by atoms with Gasteiger partial charge in [0.25, 0.3) is 11.8 Å². The second-order valence-electron chi connectivity index (χ2n) is 17.6. The normalized spacial score (nSPS) is 20.0. The number of imidazole rings is 2. The van der Waals surface area contributed by atoms with Gasteiger partial charge in [0.05, 0.1) is 48.7 Å². The Balaban J connectivity index is 0.975. The minimum atomic E-state index is -0.953. The Morgan fingerprint density at radius 1 is 0.923 bits per heavy atom. The molecule has 0 saturated carbocycles. The molecule has 0 radical (unpaired) electrons. The second kappa shape index (κ2) is 17.8. The fourth-order valence-corrected chi connectivity index (χ4v) is 9.83. The number of fused-ring (bicyclic) bond motifs is 6. The molecule has 16 nitrogen and oxygen atoms in total. The second-order valence-corrected chi connectivity index (χ2v) is 17.6. The minimum Gasteiger partial charge on any atom is -0.488 e. The number of nitrogens with zero attached hydrogens (tertiary/aromatic N) is 4. The smallest absolute Gasteiger partial charge is 0.407 e. The number of rotatable bonds is 12. The molecule has 0 unspecified atom stereocenters. The minimum absolute atomic E-state index is 0.0624. The quantitative estimate of drug-likeness (QED) is 0.0758. The molecule has 336 valence electrons. The van der Waals surface area contributed by atoms with E-state index in [9.17, 15) is 24.0 Å². The molecule has 4 amide bonds. The van der Waals surface area contributed by atoms with Crippen molar-refractivity contribution in [1.29, 1.82) is 0 Å². The van der Waals surface area contributed by atoms with Crippen LogP contribution in [0.2, 0.25) is 0 Å². The lowest BCUT2D eigenvalue weighted by molar-refractivity contribution is -0.141. The van der Waals surface area contributed by atoms with Gasteiger partial charge in [-0.15, -0.1) is 0 Å². The van der Waals surface area contributed by atoms with Crippen LogP contribution in [0, 0.1) is 11.8 Å². The third-order valence-electron chi connectivity index (χ3n) is 13.1. The molecule has 0 aliphatic carbocycles. The summed E-state index contributed by atoms with van der Waals surface area (Å²) in [6.07, 6.45) is 3.38. The van der Waals surface area contributed by atoms with Gasteiger partial charge in [-0.05, 0) is 84.0 Å². The van der Waals surface area contributed by atoms with Crippen LogP contribution in [0.25, 0.3) is 44.2 Å². The van der Waals surface area contributed by atoms with E-state index >= 15 is 0 Å². The van der Waals surface area contributed by atoms with Gasteiger partial charge in [-0.25, -0.2) is 14.8 Å². The number of hydrogen-bond donors (Lipinski definition) is 4. The Morgan fingerprint density at radius 2 is 1.74 bits per heavy atom. The van der Waals surface area contributed by atoms with Gasteiger partial charge in [0.2, 0.25) is 12.2 Å². The average molecular weight is 881 g/mol. The van der Waals surface area contributed by atoms with Crippen LogP contribution in [0.3, 0.4) is 0 Å². The van der Waals surface area contributed by atoms with Gasteiger partial charge in [0.1, 0.15) is 36.1 Å². The molecule has 4 N–H and O–H groups in total. The van der Waals surface area contributed by atoms with Gasteiger partial charge in [-0.1, -0.05) is 62.4 Å². The Labute approximate surface area is 375 Å². The van der Waals surface area contributed by atoms with Crippen LogP contribution in [0.1, 0.15) is 80.9 Å². The summed E-state index contributed by atoms with van der Waals surface area (Å²) < 4.78 is 16.8. The highest BCUT2D eigenvalue weighted by atomic mass is 16.5. The molecule has 3 aliphatic rings. The van der Waals surface area contributed by atoms with Crippen molar-refractivity contribution in [2.45, 2.75) is 76.8 Å². The number of hydrogen-bond acceptors (Lipinski definition) is 10. The lowest BCUT2D eigenvalue weighted by Crippen LogP contribution is -2.52. The Hall–Kier alpha value is -7.07. The number of carbonyl (C=O) groups excluding carboxylic acids is 5. The number of carbonyl (C=O) groups is 5. The molecule has 65 heavy (non-hydrogen) atoms. The number of nitrogens with one attached hydrogen (secondary N) is 4. The van der Waals surface area contributed by atoms with Crippen LogP contribution in [0.15, 0.2) is 79.0 Å². The SMILES string of the molecule is COC[C@H]1C[C@@H](c2ncc(-c3ccc4c(c3)COc3cc5c(ccc6[nH]c([C@@H]7CC[C@H](C)N7C(=O)[C@@H](NC(=O)C=O)C(C)C)nc65)cc3-4)[nH]2)N(C(=O)[C@H](NC(=O)OC)c2ccccc2)C1. The molecule has 9 rings (SSSR count). The van der Waals surface area contributed by atoms with Crippen molar-refractivity contribution in [1.82, 2.24) is 40.4 Å². The molecular weight excluding hydrogens is 829 g/mol. The molecule has 4 aromatic carbocycles. The lowest BCUT2D eigenvalue weighted by atomic mass is 9.92. The number of alkyl carbamates (subject to hydrolysis) is 1. The molecule has 2 aromatic heterocycles. The standard InChI is InChI=1S/C49H52N8O8/c1-26(2)42(53-41(59)23-58)48(61)57-27(3)11-16-38(57)46-51-36-15-13-30-19-35-33-14-12-31(18-32(33)25-65-40(35)20-34(30)44(36)54-46)37-21-50-45(52-37)39-17-28(24-63-4)22-56(39)47(60)43(55-49(62)64-5)29-9-7-6-8-10-29/h6-10,12-15,18-21,23,26-28,38-39,42-43H,11,16-17,22,24-25H2,1-5H3,(H,50,52)(H,51,54)(H,53,59)(H,55,62)/t27-,28-,38-,39-,42-,43+/m0/s1. The highest BCUT2D eigenvalue weighted by Gasteiger charge is 2.43. The Kier molecular flexibility index (Phi) is 11.9. The van der Waals surface area contributed by atoms with Crippen LogP contribution in [-0.4, -0.2) is 99.3 Å². The molecule has 3 aliphatic heterocycles. The summed E-state index contributed by atoms with van der Waals surface area (Å²) in [7, 11) is 2.92. The summed E-state index contributed by atoms with van der Waals surface area (Å²) in [6, 6.07) is 21.0. The van der Waals surface area contributed by atoms with E-state index < -0.39 is 24.1 Å². The van der Waals surface area contributed by atoms with E-state index in [2.05, 4.69) is 50.9 Å². The summed E-state index contributed by atoms with van der Waals surface area (Å²) in [6.45, 7) is 6.93. The fraction of sp³-hybridized carbons (Fsp3) is 0.367. The molecule has 5 heterocycles. The number of likely N-dealkylation sites (tertiary alicyclic amines) is 2. The van der Waals surface area contributed by atoms with Gasteiger partial charge in [0, 0.05) is 36.6 Å². The Morgan fingerprint density at radius 3 is 2.49 bits per heavy atom. The van der Waals surface area contributed by atoms with Crippen molar-refractivity contribution < 1.29 is 38.2 Å². The summed E-state index contributed by atoms with van der Waals surface area (Å²) in [5, 5.41) is 7.22. The summed E-state index contributed by atoms with van der Waals surface area (Å²) in [5.74, 6) is 0.566. The van der Waals surface area contributed by atoms with E-state index in [-0.39, 0.29) is 48.1 Å². The molecule has 6 atom stereocenters. The maximum absolute atomic E-state index is 14.3. The summed E-state index contributed by atoms with van der Waals surface area (Å²) in [5.41, 5.74) is 6.98. The van der Waals surface area contributed by atoms with E-state index in [0.29, 0.717) is 49.8 Å². The van der Waals surface area contributed by atoms with Gasteiger partial charge in [0.15, 0.2) is 0 Å². The Bertz CT molecular complexity index is 2800. The number of ether oxygens (including phenoxy) is 3. The van der Waals surface area contributed by atoms with Gasteiger partial charge in [-0.3, -0.25) is 19.2 Å². The third-order valence-corrected chi connectivity index (χ3v) is 13.1. The fourth-order valence-electron chi connectivity index (χ4n) is 9.83. The largest absolute Gasteiger partial charge is 0.488 e. The van der Waals surface area contributed by atoms with Gasteiger partial charge in [-0.2, -0.15) is 0 Å². The van der Waals surface area contributed by atoms with Crippen molar-refractivity contribution >= 4 is 51.9 Å². The highest BCUT2D eigenvalue weighted by Crippen LogP contribution is 2.44. The van der Waals surface area contributed by atoms with Crippen molar-refractivity contribution in [3.8, 4) is 28.1 Å². The number of H-pyrrole nitrogens is 2. The van der Waals surface area contributed by atoms with Crippen molar-refractivity contribution in [3.05, 3.63) is 102 Å². The topological polar surface area (TPSA) is 201 Å². The monoisotopic (exact) mass is 880 g/mol. The van der Waals surface area contributed by atoms with E-state index in [0.717, 1.165) is 61.9 Å². The van der Waals surface area contributed by atoms with E-state index in [4.69, 9.17) is 24.2 Å². The van der Waals surface area contributed by atoms with E-state index in [1.54, 1.807) is 35.2 Å². The third kappa shape index (κ3) is 8.18. The summed E-state index contributed by atoms with van der Waals surface area (Å²) in [4.78, 5) is 84.3. The predicted molar refractivity (Wildman–Crippen MR) is 241 cm³/mol. The lowest BCUT2D eigenvalue weighted by Gasteiger charge is -2.32. The number of aromatic amines is 2. The van der Waals surface area contributed by atoms with Crippen LogP contribution >= 0.6 is 0 Å². The van der Waals surface area contributed by atoms with Crippen LogP contribution in [0.5, 0.6) is 5.75 Å². The molecule has 2 saturated heterocycles. The molecule has 2 fully saturated rings. The molecule has 16 heteroatoms. The predicted octanol–water partition coefficient (Wildman–Crippen LogP) is 6.69. The molecule has 0 spiro atoms. The van der Waals surface area contributed by atoms with Crippen LogP contribution in [-0.2, 0) is 35.3 Å². The molecular formula is C49H52N8O8. The van der Waals surface area contributed by atoms with Gasteiger partial charge < -0.3 is 44.6 Å². The number of aldehydes is 1. The van der Waals surface area contributed by atoms with Crippen LogP contribution in [0.4, 0.5) is 4.79 Å². The zero-order valence-corrected chi connectivity index (χ0v) is 36.9. The zero-order chi connectivity index (χ0) is 45.5. The maximum Gasteiger partial charge on any atom is 0.407 e. The number of methoxy groups -OCH3 is 2. The van der Waals surface area contributed by atoms with E-state index in [1.807, 2.05) is 51.1 Å². The highest BCUT2D eigenvalue weighted by molar-refractivity contribution is 6.24. The van der Waals surface area contributed by atoms with Crippen molar-refractivity contribution in [2.24, 2.45) is 11.8 Å².